The van der Waals surface area contributed by atoms with E-state index in [9.17, 15) is 0 Å². The van der Waals surface area contributed by atoms with Crippen LogP contribution in [0.2, 0.25) is 0 Å². The van der Waals surface area contributed by atoms with Gasteiger partial charge in [0.2, 0.25) is 0 Å². The van der Waals surface area contributed by atoms with Crippen LogP contribution in [-0.2, 0) is 6.42 Å². The highest BCUT2D eigenvalue weighted by Gasteiger charge is 2.16. The van der Waals surface area contributed by atoms with Gasteiger partial charge in [-0.25, -0.2) is 0 Å². The number of aryl methyl sites for hydroxylation is 1. The Balaban J connectivity index is 2.50. The van der Waals surface area contributed by atoms with Crippen LogP contribution in [-0.4, -0.2) is 6.61 Å². The highest BCUT2D eigenvalue weighted by atomic mass is 32.1. The molecule has 0 N–H and O–H groups in total. The van der Waals surface area contributed by atoms with Gasteiger partial charge in [0.15, 0.2) is 5.06 Å². The third-order valence-electron chi connectivity index (χ3n) is 2.28. The van der Waals surface area contributed by atoms with E-state index in [-0.39, 0.29) is 0 Å². The summed E-state index contributed by atoms with van der Waals surface area (Å²) in [5.74, 6) is 0. The summed E-state index contributed by atoms with van der Waals surface area (Å²) in [5, 5.41) is 1.17. The van der Waals surface area contributed by atoms with E-state index in [1.54, 1.807) is 11.3 Å². The molecule has 0 bridgehead atoms. The van der Waals surface area contributed by atoms with Crippen molar-refractivity contribution in [2.45, 2.75) is 26.7 Å². The van der Waals surface area contributed by atoms with E-state index in [0.717, 1.165) is 6.61 Å². The standard InChI is InChI=1S/C9H12OS/c1-6-7(2)11-9-8(6)4-3-5-10-9/h3-5H2,1-2H3. The topological polar surface area (TPSA) is 9.23 Å². The molecule has 1 nitrogen and oxygen atoms in total. The normalized spacial score (nSPS) is 15.8. The fourth-order valence-corrected chi connectivity index (χ4v) is 2.54. The molecule has 0 atom stereocenters. The minimum Gasteiger partial charge on any atom is -0.484 e. The van der Waals surface area contributed by atoms with Crippen LogP contribution < -0.4 is 4.74 Å². The molecular weight excluding hydrogens is 156 g/mol. The monoisotopic (exact) mass is 168 g/mol. The van der Waals surface area contributed by atoms with Gasteiger partial charge >= 0.3 is 0 Å². The zero-order valence-electron chi connectivity index (χ0n) is 6.94. The fourth-order valence-electron chi connectivity index (χ4n) is 1.46. The maximum atomic E-state index is 5.54. The lowest BCUT2D eigenvalue weighted by molar-refractivity contribution is 0.297. The third-order valence-corrected chi connectivity index (χ3v) is 3.44. The van der Waals surface area contributed by atoms with Crippen LogP contribution in [0, 0.1) is 13.8 Å². The molecular formula is C9H12OS. The third kappa shape index (κ3) is 1.06. The van der Waals surface area contributed by atoms with Crippen LogP contribution in [0.4, 0.5) is 0 Å². The van der Waals surface area contributed by atoms with Gasteiger partial charge in [-0.05, 0) is 32.3 Å². The zero-order valence-corrected chi connectivity index (χ0v) is 7.75. The Morgan fingerprint density at radius 1 is 1.36 bits per heavy atom. The Bertz CT molecular complexity index is 275. The first kappa shape index (κ1) is 7.17. The summed E-state index contributed by atoms with van der Waals surface area (Å²) in [4.78, 5) is 1.41. The molecule has 0 aromatic carbocycles. The van der Waals surface area contributed by atoms with Crippen molar-refractivity contribution < 1.29 is 4.74 Å². The van der Waals surface area contributed by atoms with Gasteiger partial charge in [0.1, 0.15) is 0 Å². The van der Waals surface area contributed by atoms with Gasteiger partial charge in [-0.1, -0.05) is 0 Å². The van der Waals surface area contributed by atoms with E-state index < -0.39 is 0 Å². The number of rotatable bonds is 0. The average Bonchev–Trinajstić information content (AvgIpc) is 2.30. The first-order chi connectivity index (χ1) is 5.29. The molecule has 0 fully saturated rings. The lowest BCUT2D eigenvalue weighted by atomic mass is 10.1. The molecule has 0 saturated carbocycles. The molecule has 0 amide bonds. The SMILES string of the molecule is Cc1sc2c(c1C)CCCO2. The molecule has 0 spiro atoms. The van der Waals surface area contributed by atoms with Crippen molar-refractivity contribution >= 4 is 11.3 Å². The van der Waals surface area contributed by atoms with Gasteiger partial charge in [0.25, 0.3) is 0 Å². The number of ether oxygens (including phenoxy) is 1. The first-order valence-electron chi connectivity index (χ1n) is 4.00. The van der Waals surface area contributed by atoms with Crippen LogP contribution in [0.25, 0.3) is 0 Å². The van der Waals surface area contributed by atoms with E-state index >= 15 is 0 Å². The smallest absolute Gasteiger partial charge is 0.177 e. The number of hydrogen-bond donors (Lipinski definition) is 0. The minimum atomic E-state index is 0.909. The van der Waals surface area contributed by atoms with Crippen LogP contribution in [0.5, 0.6) is 5.06 Å². The first-order valence-corrected chi connectivity index (χ1v) is 4.82. The van der Waals surface area contributed by atoms with Gasteiger partial charge in [0, 0.05) is 10.4 Å². The summed E-state index contributed by atoms with van der Waals surface area (Å²) in [6, 6.07) is 0. The summed E-state index contributed by atoms with van der Waals surface area (Å²) in [5.41, 5.74) is 2.91. The Labute approximate surface area is 71.0 Å². The van der Waals surface area contributed by atoms with Crippen molar-refractivity contribution in [1.82, 2.24) is 0 Å². The number of hydrogen-bond acceptors (Lipinski definition) is 2. The Kier molecular flexibility index (Phi) is 1.64. The molecule has 0 radical (unpaired) electrons. The Hall–Kier alpha value is -0.500. The van der Waals surface area contributed by atoms with Crippen LogP contribution in [0.3, 0.4) is 0 Å². The zero-order chi connectivity index (χ0) is 7.84. The quantitative estimate of drug-likeness (QED) is 0.578. The van der Waals surface area contributed by atoms with Crippen molar-refractivity contribution in [1.29, 1.82) is 0 Å². The molecule has 2 heterocycles. The highest BCUT2D eigenvalue weighted by Crippen LogP contribution is 2.37. The predicted octanol–water partition coefficient (Wildman–Crippen LogP) is 2.69. The Morgan fingerprint density at radius 3 is 2.91 bits per heavy atom. The molecule has 11 heavy (non-hydrogen) atoms. The lowest BCUT2D eigenvalue weighted by Gasteiger charge is -2.12. The Morgan fingerprint density at radius 2 is 2.18 bits per heavy atom. The summed E-state index contributed by atoms with van der Waals surface area (Å²) >= 11 is 1.79. The maximum Gasteiger partial charge on any atom is 0.177 e. The van der Waals surface area contributed by atoms with Gasteiger partial charge in [-0.15, -0.1) is 11.3 Å². The predicted molar refractivity (Wildman–Crippen MR) is 47.6 cm³/mol. The molecule has 0 aliphatic carbocycles. The molecule has 0 saturated heterocycles. The second kappa shape index (κ2) is 2.52. The molecule has 2 heteroatoms. The molecule has 0 unspecified atom stereocenters. The summed E-state index contributed by atoms with van der Waals surface area (Å²) in [6.45, 7) is 5.27. The number of thiophene rings is 1. The van der Waals surface area contributed by atoms with E-state index in [1.165, 1.54) is 33.9 Å². The average molecular weight is 168 g/mol. The molecule has 60 valence electrons. The van der Waals surface area contributed by atoms with Crippen LogP contribution >= 0.6 is 11.3 Å². The largest absolute Gasteiger partial charge is 0.484 e. The van der Waals surface area contributed by atoms with Gasteiger partial charge in [0.05, 0.1) is 6.61 Å². The van der Waals surface area contributed by atoms with Crippen molar-refractivity contribution in [3.8, 4) is 5.06 Å². The van der Waals surface area contributed by atoms with E-state index in [2.05, 4.69) is 13.8 Å². The second-order valence-corrected chi connectivity index (χ2v) is 4.19. The molecule has 2 rings (SSSR count). The highest BCUT2D eigenvalue weighted by molar-refractivity contribution is 7.14. The van der Waals surface area contributed by atoms with E-state index in [4.69, 9.17) is 4.74 Å². The van der Waals surface area contributed by atoms with Crippen LogP contribution in [0.1, 0.15) is 22.4 Å². The summed E-state index contributed by atoms with van der Waals surface area (Å²) in [7, 11) is 0. The molecule has 1 aromatic heterocycles. The molecule has 1 aliphatic heterocycles. The number of fused-ring (bicyclic) bond motifs is 1. The lowest BCUT2D eigenvalue weighted by Crippen LogP contribution is -2.06. The van der Waals surface area contributed by atoms with Gasteiger partial charge in [-0.3, -0.25) is 0 Å². The van der Waals surface area contributed by atoms with Gasteiger partial charge in [-0.2, -0.15) is 0 Å². The van der Waals surface area contributed by atoms with Crippen molar-refractivity contribution in [3.63, 3.8) is 0 Å². The van der Waals surface area contributed by atoms with E-state index in [0.29, 0.717) is 0 Å². The van der Waals surface area contributed by atoms with Crippen molar-refractivity contribution in [2.75, 3.05) is 6.61 Å². The maximum absolute atomic E-state index is 5.54. The van der Waals surface area contributed by atoms with Crippen molar-refractivity contribution in [2.24, 2.45) is 0 Å². The van der Waals surface area contributed by atoms with Crippen LogP contribution in [0.15, 0.2) is 0 Å². The molecule has 1 aromatic rings. The fraction of sp³-hybridized carbons (Fsp3) is 0.556. The summed E-state index contributed by atoms with van der Waals surface area (Å²) < 4.78 is 5.54. The van der Waals surface area contributed by atoms with E-state index in [1.807, 2.05) is 0 Å². The molecule has 1 aliphatic rings. The van der Waals surface area contributed by atoms with Crippen molar-refractivity contribution in [3.05, 3.63) is 16.0 Å². The second-order valence-electron chi connectivity index (χ2n) is 3.00. The van der Waals surface area contributed by atoms with Gasteiger partial charge < -0.3 is 4.74 Å². The minimum absolute atomic E-state index is 0.909. The summed E-state index contributed by atoms with van der Waals surface area (Å²) in [6.07, 6.45) is 2.40.